The lowest BCUT2D eigenvalue weighted by molar-refractivity contribution is -0.384. The number of methoxy groups -OCH3 is 3. The molecule has 202 valence electrons. The lowest BCUT2D eigenvalue weighted by atomic mass is 10.0. The van der Waals surface area contributed by atoms with Crippen LogP contribution in [0.2, 0.25) is 5.02 Å². The number of carbonyl (C=O) groups is 1. The van der Waals surface area contributed by atoms with E-state index in [9.17, 15) is 20.2 Å². The second kappa shape index (κ2) is 12.3. The highest BCUT2D eigenvalue weighted by Crippen LogP contribution is 2.39. The summed E-state index contributed by atoms with van der Waals surface area (Å²) in [6.07, 6.45) is 1.45. The zero-order chi connectivity index (χ0) is 28.8. The fraction of sp³-hybridized carbons (Fsp3) is 0.107. The largest absolute Gasteiger partial charge is 0.493 e. The average Bonchev–Trinajstić information content (AvgIpc) is 3.47. The minimum atomic E-state index is -0.476. The zero-order valence-corrected chi connectivity index (χ0v) is 23.0. The molecule has 0 aliphatic carbocycles. The van der Waals surface area contributed by atoms with Gasteiger partial charge in [-0.1, -0.05) is 11.6 Å². The third-order valence-corrected chi connectivity index (χ3v) is 6.86. The minimum absolute atomic E-state index is 0.0270. The number of nitrogens with one attached hydrogen (secondary N) is 1. The monoisotopic (exact) mass is 576 g/mol. The molecule has 40 heavy (non-hydrogen) atoms. The first-order chi connectivity index (χ1) is 19.3. The molecule has 4 rings (SSSR count). The number of aromatic nitrogens is 1. The Morgan fingerprint density at radius 2 is 1.75 bits per heavy atom. The lowest BCUT2D eigenvalue weighted by Crippen LogP contribution is -2.07. The van der Waals surface area contributed by atoms with Crippen molar-refractivity contribution in [2.24, 2.45) is 0 Å². The molecule has 10 nitrogen and oxygen atoms in total. The zero-order valence-electron chi connectivity index (χ0n) is 21.4. The molecule has 0 unspecified atom stereocenters. The fourth-order valence-electron chi connectivity index (χ4n) is 3.77. The summed E-state index contributed by atoms with van der Waals surface area (Å²) in [5.74, 6) is 0.622. The summed E-state index contributed by atoms with van der Waals surface area (Å²) in [6.45, 7) is 0. The molecule has 0 aliphatic rings. The number of benzene rings is 3. The summed E-state index contributed by atoms with van der Waals surface area (Å²) in [5, 5.41) is 26.3. The first-order valence-corrected chi connectivity index (χ1v) is 12.8. The van der Waals surface area contributed by atoms with Crippen LogP contribution in [0.5, 0.6) is 17.2 Å². The summed E-state index contributed by atoms with van der Waals surface area (Å²) in [4.78, 5) is 28.5. The molecule has 0 atom stereocenters. The van der Waals surface area contributed by atoms with Crippen LogP contribution < -0.4 is 19.5 Å². The van der Waals surface area contributed by atoms with Crippen molar-refractivity contribution < 1.29 is 23.9 Å². The minimum Gasteiger partial charge on any atom is -0.493 e. The normalized spacial score (nSPS) is 10.9. The number of hydrogen-bond donors (Lipinski definition) is 1. The van der Waals surface area contributed by atoms with Crippen LogP contribution in [0.3, 0.4) is 0 Å². The quantitative estimate of drug-likeness (QED) is 0.0957. The second-order valence-corrected chi connectivity index (χ2v) is 9.38. The Morgan fingerprint density at radius 1 is 1.07 bits per heavy atom. The number of rotatable bonds is 10. The van der Waals surface area contributed by atoms with E-state index in [-0.39, 0.29) is 28.2 Å². The number of nitro groups is 1. The van der Waals surface area contributed by atoms with Gasteiger partial charge in [0.05, 0.1) is 31.9 Å². The van der Waals surface area contributed by atoms with Crippen LogP contribution in [0.1, 0.15) is 20.9 Å². The SMILES string of the molecule is COc1cc(C(=O)c2cc(Cl)ccc2N/C=C(\C#N)c2nc(-c3ccc([N+](=O)[O-])cc3)cs2)cc(OC)c1OC. The third kappa shape index (κ3) is 5.88. The number of nitrogens with zero attached hydrogens (tertiary/aromatic N) is 3. The van der Waals surface area contributed by atoms with Gasteiger partial charge in [-0.25, -0.2) is 4.98 Å². The molecule has 1 aromatic heterocycles. The van der Waals surface area contributed by atoms with Crippen LogP contribution in [0.25, 0.3) is 16.8 Å². The average molecular weight is 577 g/mol. The van der Waals surface area contributed by atoms with E-state index in [1.807, 2.05) is 0 Å². The van der Waals surface area contributed by atoms with Gasteiger partial charge in [0.2, 0.25) is 5.75 Å². The lowest BCUT2D eigenvalue weighted by Gasteiger charge is -2.15. The van der Waals surface area contributed by atoms with E-state index in [0.29, 0.717) is 44.2 Å². The number of non-ortho nitro benzene ring substituents is 1. The van der Waals surface area contributed by atoms with Gasteiger partial charge >= 0.3 is 0 Å². The summed E-state index contributed by atoms with van der Waals surface area (Å²) < 4.78 is 16.1. The number of allylic oxidation sites excluding steroid dienone is 1. The van der Waals surface area contributed by atoms with E-state index < -0.39 is 4.92 Å². The van der Waals surface area contributed by atoms with Gasteiger partial charge in [0.15, 0.2) is 17.3 Å². The van der Waals surface area contributed by atoms with Crippen LogP contribution in [-0.2, 0) is 0 Å². The summed E-state index contributed by atoms with van der Waals surface area (Å²) in [6, 6.07) is 15.9. The van der Waals surface area contributed by atoms with E-state index in [4.69, 9.17) is 25.8 Å². The molecule has 0 amide bonds. The van der Waals surface area contributed by atoms with Gasteiger partial charge in [-0.2, -0.15) is 5.26 Å². The Kier molecular flexibility index (Phi) is 8.63. The first kappa shape index (κ1) is 28.1. The summed E-state index contributed by atoms with van der Waals surface area (Å²) >= 11 is 7.46. The molecule has 0 bridgehead atoms. The molecular weight excluding hydrogens is 556 g/mol. The number of carbonyl (C=O) groups excluding carboxylic acids is 1. The van der Waals surface area contributed by atoms with Gasteiger partial charge in [0, 0.05) is 51.1 Å². The maximum absolute atomic E-state index is 13.6. The Balaban J connectivity index is 1.64. The number of hydrogen-bond acceptors (Lipinski definition) is 10. The number of nitro benzene ring substituents is 1. The Labute approximate surface area is 238 Å². The van der Waals surface area contributed by atoms with Crippen LogP contribution >= 0.6 is 22.9 Å². The van der Waals surface area contributed by atoms with E-state index in [0.717, 1.165) is 0 Å². The Morgan fingerprint density at radius 3 is 2.33 bits per heavy atom. The summed E-state index contributed by atoms with van der Waals surface area (Å²) in [5.41, 5.74) is 2.37. The van der Waals surface area contributed by atoms with Crippen molar-refractivity contribution in [2.75, 3.05) is 26.6 Å². The number of ketones is 1. The van der Waals surface area contributed by atoms with Crippen LogP contribution in [0.15, 0.2) is 66.2 Å². The van der Waals surface area contributed by atoms with Gasteiger partial charge in [0.1, 0.15) is 16.6 Å². The van der Waals surface area contributed by atoms with Crippen molar-refractivity contribution in [1.29, 1.82) is 5.26 Å². The number of anilines is 1. The number of ether oxygens (including phenoxy) is 3. The number of thiazole rings is 1. The molecule has 1 heterocycles. The number of halogens is 1. The molecule has 12 heteroatoms. The third-order valence-electron chi connectivity index (χ3n) is 5.75. The highest BCUT2D eigenvalue weighted by atomic mass is 35.5. The van der Waals surface area contributed by atoms with Crippen molar-refractivity contribution in [3.8, 4) is 34.6 Å². The molecule has 0 aliphatic heterocycles. The fourth-order valence-corrected chi connectivity index (χ4v) is 4.74. The predicted molar refractivity (Wildman–Crippen MR) is 152 cm³/mol. The predicted octanol–water partition coefficient (Wildman–Crippen LogP) is 6.61. The molecule has 4 aromatic rings. The first-order valence-electron chi connectivity index (χ1n) is 11.5. The standard InChI is InChI=1S/C28H21ClN4O6S/c1-37-24-10-17(11-25(38-2)27(24)39-3)26(34)21-12-19(29)6-9-22(21)31-14-18(13-30)28-32-23(15-40-28)16-4-7-20(8-5-16)33(35)36/h4-12,14-15,31H,1-3H3/b18-14+. The van der Waals surface area contributed by atoms with Gasteiger partial charge in [-0.15, -0.1) is 11.3 Å². The van der Waals surface area contributed by atoms with Crippen molar-refractivity contribution in [2.45, 2.75) is 0 Å². The topological polar surface area (TPSA) is 137 Å². The molecule has 0 saturated carbocycles. The van der Waals surface area contributed by atoms with Gasteiger partial charge in [0.25, 0.3) is 5.69 Å². The highest BCUT2D eigenvalue weighted by molar-refractivity contribution is 7.11. The maximum atomic E-state index is 13.6. The van der Waals surface area contributed by atoms with Crippen molar-refractivity contribution in [1.82, 2.24) is 4.98 Å². The molecule has 0 saturated heterocycles. The molecular formula is C28H21ClN4O6S. The van der Waals surface area contributed by atoms with Crippen LogP contribution in [0.4, 0.5) is 11.4 Å². The van der Waals surface area contributed by atoms with Crippen molar-refractivity contribution >= 4 is 45.7 Å². The van der Waals surface area contributed by atoms with Crippen LogP contribution in [-0.4, -0.2) is 37.0 Å². The molecule has 0 fully saturated rings. The van der Waals surface area contributed by atoms with E-state index in [1.165, 1.54) is 57.1 Å². The van der Waals surface area contributed by atoms with Crippen molar-refractivity contribution in [3.63, 3.8) is 0 Å². The Bertz CT molecular complexity index is 1640. The molecule has 0 radical (unpaired) electrons. The van der Waals surface area contributed by atoms with E-state index in [1.54, 1.807) is 41.8 Å². The Hall–Kier alpha value is -4.92. The van der Waals surface area contributed by atoms with Gasteiger partial charge in [-0.05, 0) is 42.5 Å². The van der Waals surface area contributed by atoms with Gasteiger partial charge in [-0.3, -0.25) is 14.9 Å². The second-order valence-electron chi connectivity index (χ2n) is 8.09. The summed E-state index contributed by atoms with van der Waals surface area (Å²) in [7, 11) is 4.38. The van der Waals surface area contributed by atoms with Crippen molar-refractivity contribution in [3.05, 3.63) is 97.4 Å². The molecule has 0 spiro atoms. The molecule has 1 N–H and O–H groups in total. The smallest absolute Gasteiger partial charge is 0.269 e. The van der Waals surface area contributed by atoms with Crippen LogP contribution in [0, 0.1) is 21.4 Å². The number of nitriles is 1. The van der Waals surface area contributed by atoms with E-state index in [2.05, 4.69) is 16.4 Å². The highest BCUT2D eigenvalue weighted by Gasteiger charge is 2.21. The van der Waals surface area contributed by atoms with Gasteiger partial charge < -0.3 is 19.5 Å². The molecule has 3 aromatic carbocycles. The van der Waals surface area contributed by atoms with E-state index >= 15 is 0 Å². The maximum Gasteiger partial charge on any atom is 0.269 e.